The predicted molar refractivity (Wildman–Crippen MR) is 82.6 cm³/mol. The van der Waals surface area contributed by atoms with Crippen LogP contribution in [-0.4, -0.2) is 0 Å². The second-order valence-electron chi connectivity index (χ2n) is 4.56. The van der Waals surface area contributed by atoms with E-state index < -0.39 is 0 Å². The van der Waals surface area contributed by atoms with E-state index in [4.69, 9.17) is 4.74 Å². The largest absolute Gasteiger partial charge is 0.457 e. The molecule has 0 unspecified atom stereocenters. The second-order valence-corrected chi connectivity index (χ2v) is 4.56. The normalized spacial score (nSPS) is 10.0. The molecule has 0 bridgehead atoms. The molecule has 0 radical (unpaired) electrons. The van der Waals surface area contributed by atoms with E-state index in [-0.39, 0.29) is 0 Å². The molecule has 0 heterocycles. The number of ether oxygens (including phenoxy) is 1. The molecule has 19 heavy (non-hydrogen) atoms. The van der Waals surface area contributed by atoms with Gasteiger partial charge in [0.15, 0.2) is 0 Å². The molecule has 96 valence electrons. The van der Waals surface area contributed by atoms with Crippen molar-refractivity contribution in [3.8, 4) is 11.5 Å². The molecular weight excluding hydrogens is 232 g/mol. The van der Waals surface area contributed by atoms with E-state index in [0.717, 1.165) is 33.8 Å². The van der Waals surface area contributed by atoms with Crippen LogP contribution in [-0.2, 0) is 0 Å². The highest BCUT2D eigenvalue weighted by molar-refractivity contribution is 5.54. The second kappa shape index (κ2) is 5.57. The van der Waals surface area contributed by atoms with Gasteiger partial charge in [0, 0.05) is 0 Å². The topological polar surface area (TPSA) is 9.23 Å². The van der Waals surface area contributed by atoms with Crippen molar-refractivity contribution in [3.05, 3.63) is 71.8 Å². The van der Waals surface area contributed by atoms with Crippen LogP contribution in [0.1, 0.15) is 22.3 Å². The lowest BCUT2D eigenvalue weighted by molar-refractivity contribution is 0.475. The molecule has 0 amide bonds. The number of rotatable bonds is 4. The summed E-state index contributed by atoms with van der Waals surface area (Å²) in [5.41, 5.74) is 4.40. The van der Waals surface area contributed by atoms with Crippen molar-refractivity contribution in [1.82, 2.24) is 0 Å². The van der Waals surface area contributed by atoms with E-state index in [1.807, 2.05) is 50.3 Å². The van der Waals surface area contributed by atoms with Gasteiger partial charge < -0.3 is 4.74 Å². The minimum absolute atomic E-state index is 0.875. The molecule has 0 spiro atoms. The van der Waals surface area contributed by atoms with Crippen LogP contribution in [0, 0.1) is 13.8 Å². The molecule has 0 aliphatic carbocycles. The van der Waals surface area contributed by atoms with Crippen molar-refractivity contribution >= 4 is 12.2 Å². The van der Waals surface area contributed by atoms with Gasteiger partial charge in [0.25, 0.3) is 0 Å². The minimum Gasteiger partial charge on any atom is -0.457 e. The molecule has 1 heteroatoms. The molecule has 0 fully saturated rings. The van der Waals surface area contributed by atoms with Crippen LogP contribution in [0.5, 0.6) is 11.5 Å². The van der Waals surface area contributed by atoms with Crippen LogP contribution < -0.4 is 4.74 Å². The van der Waals surface area contributed by atoms with E-state index in [9.17, 15) is 0 Å². The zero-order valence-electron chi connectivity index (χ0n) is 11.4. The monoisotopic (exact) mass is 250 g/mol. The predicted octanol–water partition coefficient (Wildman–Crippen LogP) is 5.38. The quantitative estimate of drug-likeness (QED) is 0.707. The third-order valence-electron chi connectivity index (χ3n) is 3.09. The Hall–Kier alpha value is -2.28. The number of aryl methyl sites for hydroxylation is 2. The average Bonchev–Trinajstić information content (AvgIpc) is 2.42. The molecule has 2 rings (SSSR count). The fourth-order valence-electron chi connectivity index (χ4n) is 1.95. The summed E-state index contributed by atoms with van der Waals surface area (Å²) in [5.74, 6) is 1.75. The summed E-state index contributed by atoms with van der Waals surface area (Å²) in [7, 11) is 0. The van der Waals surface area contributed by atoms with Crippen molar-refractivity contribution in [1.29, 1.82) is 0 Å². The lowest BCUT2D eigenvalue weighted by Crippen LogP contribution is -1.91. The maximum Gasteiger partial charge on any atom is 0.130 e. The fraction of sp³-hybridized carbons (Fsp3) is 0.111. The van der Waals surface area contributed by atoms with Gasteiger partial charge in [-0.2, -0.15) is 0 Å². The van der Waals surface area contributed by atoms with Crippen molar-refractivity contribution in [3.63, 3.8) is 0 Å². The summed E-state index contributed by atoms with van der Waals surface area (Å²) in [4.78, 5) is 0. The smallest absolute Gasteiger partial charge is 0.130 e. The molecule has 0 saturated heterocycles. The summed E-state index contributed by atoms with van der Waals surface area (Å²) in [6.07, 6.45) is 3.67. The Balaban J connectivity index is 2.30. The Morgan fingerprint density at radius 2 is 1.21 bits per heavy atom. The lowest BCUT2D eigenvalue weighted by atomic mass is 10.1. The van der Waals surface area contributed by atoms with Crippen LogP contribution >= 0.6 is 0 Å². The summed E-state index contributed by atoms with van der Waals surface area (Å²) >= 11 is 0. The van der Waals surface area contributed by atoms with Crippen molar-refractivity contribution < 1.29 is 4.74 Å². The third kappa shape index (κ3) is 2.94. The third-order valence-corrected chi connectivity index (χ3v) is 3.09. The van der Waals surface area contributed by atoms with Gasteiger partial charge in [-0.1, -0.05) is 37.4 Å². The van der Waals surface area contributed by atoms with E-state index in [0.29, 0.717) is 0 Å². The van der Waals surface area contributed by atoms with Gasteiger partial charge in [-0.05, 0) is 60.4 Å². The van der Waals surface area contributed by atoms with Gasteiger partial charge in [-0.25, -0.2) is 0 Å². The summed E-state index contributed by atoms with van der Waals surface area (Å²) in [6, 6.07) is 12.1. The molecule has 0 saturated carbocycles. The zero-order chi connectivity index (χ0) is 13.8. The van der Waals surface area contributed by atoms with Gasteiger partial charge in [0.05, 0.1) is 0 Å². The summed E-state index contributed by atoms with van der Waals surface area (Å²) < 4.78 is 5.97. The Morgan fingerprint density at radius 1 is 0.789 bits per heavy atom. The first-order valence-corrected chi connectivity index (χ1v) is 6.28. The highest BCUT2D eigenvalue weighted by atomic mass is 16.5. The average molecular weight is 250 g/mol. The van der Waals surface area contributed by atoms with Gasteiger partial charge in [-0.3, -0.25) is 0 Å². The van der Waals surface area contributed by atoms with Gasteiger partial charge >= 0.3 is 0 Å². The van der Waals surface area contributed by atoms with Crippen LogP contribution in [0.25, 0.3) is 12.2 Å². The Kier molecular flexibility index (Phi) is 3.86. The molecule has 0 aliphatic heterocycles. The number of hydrogen-bond donors (Lipinski definition) is 0. The molecular formula is C18H18O. The van der Waals surface area contributed by atoms with Crippen LogP contribution in [0.2, 0.25) is 0 Å². The minimum atomic E-state index is 0.875. The van der Waals surface area contributed by atoms with Gasteiger partial charge in [0.1, 0.15) is 11.5 Å². The molecule has 2 aromatic carbocycles. The highest BCUT2D eigenvalue weighted by Gasteiger charge is 2.05. The van der Waals surface area contributed by atoms with E-state index in [2.05, 4.69) is 25.3 Å². The fourth-order valence-corrected chi connectivity index (χ4v) is 1.95. The summed E-state index contributed by atoms with van der Waals surface area (Å²) in [5, 5.41) is 0. The SMILES string of the molecule is C=Cc1ccc(Oc2ccc(C=C)cc2C)c(C)c1. The number of benzene rings is 2. The molecule has 1 nitrogen and oxygen atoms in total. The highest BCUT2D eigenvalue weighted by Crippen LogP contribution is 2.29. The number of hydrogen-bond acceptors (Lipinski definition) is 1. The molecule has 0 N–H and O–H groups in total. The van der Waals surface area contributed by atoms with E-state index in [1.165, 1.54) is 0 Å². The van der Waals surface area contributed by atoms with Crippen LogP contribution in [0.4, 0.5) is 0 Å². The van der Waals surface area contributed by atoms with Crippen molar-refractivity contribution in [2.75, 3.05) is 0 Å². The van der Waals surface area contributed by atoms with Crippen LogP contribution in [0.3, 0.4) is 0 Å². The molecule has 0 aromatic heterocycles. The maximum atomic E-state index is 5.97. The van der Waals surface area contributed by atoms with Crippen molar-refractivity contribution in [2.45, 2.75) is 13.8 Å². The first-order valence-electron chi connectivity index (χ1n) is 6.28. The first-order chi connectivity index (χ1) is 9.13. The standard InChI is InChI=1S/C18H18O/c1-5-15-7-9-17(13(3)11-15)19-18-10-8-16(6-2)12-14(18)4/h5-12H,1-2H2,3-4H3. The Labute approximate surface area is 114 Å². The Morgan fingerprint density at radius 3 is 1.53 bits per heavy atom. The van der Waals surface area contributed by atoms with Gasteiger partial charge in [-0.15, -0.1) is 0 Å². The van der Waals surface area contributed by atoms with E-state index >= 15 is 0 Å². The lowest BCUT2D eigenvalue weighted by Gasteiger charge is -2.12. The Bertz CT molecular complexity index is 568. The zero-order valence-corrected chi connectivity index (χ0v) is 11.4. The first kappa shape index (κ1) is 13.2. The molecule has 0 aliphatic rings. The van der Waals surface area contributed by atoms with Crippen LogP contribution in [0.15, 0.2) is 49.6 Å². The van der Waals surface area contributed by atoms with Crippen molar-refractivity contribution in [2.24, 2.45) is 0 Å². The molecule has 2 aromatic rings. The maximum absolute atomic E-state index is 5.97. The molecule has 0 atom stereocenters. The van der Waals surface area contributed by atoms with Gasteiger partial charge in [0.2, 0.25) is 0 Å². The summed E-state index contributed by atoms with van der Waals surface area (Å²) in [6.45, 7) is 11.6. The van der Waals surface area contributed by atoms with E-state index in [1.54, 1.807) is 0 Å².